The monoisotopic (exact) mass is 976 g/mol. The van der Waals surface area contributed by atoms with Crippen molar-refractivity contribution >= 4 is 47.6 Å². The number of rotatable bonds is 22. The van der Waals surface area contributed by atoms with Crippen LogP contribution in [0.1, 0.15) is 103 Å². The highest BCUT2D eigenvalue weighted by Gasteiger charge is 2.26. The normalized spacial score (nSPS) is 15.2. The Morgan fingerprint density at radius 1 is 0.426 bits per heavy atom. The first-order chi connectivity index (χ1) is 31.3. The Hall–Kier alpha value is -4.48. The standard InChI is InChI=1S/C39H71N7O13.C7H14O2/c1-37(2,3)57-34(52)27-44-14-12-43(26-32(49)41-24-31(48)40-11-21-56-23-22-55-20-10-30(47)42-25-33(50)51)13-15-45(28-35(53)58-38(4,5)6)17-19-46(18-16-44)29-36(54)59-39(7,8)9;1-5-6(8)9-7(2,3)4/h10-29H2,1-9H3,(H,40,48)(H,41,49)(H,42,47)(H,50,51);5H2,1-4H3. The average molecular weight is 976 g/mol. The Balaban J connectivity index is 0.00000448. The molecule has 68 heavy (non-hydrogen) atoms. The summed E-state index contributed by atoms with van der Waals surface area (Å²) in [5.41, 5.74) is -2.36. The van der Waals surface area contributed by atoms with E-state index in [0.29, 0.717) is 58.8 Å². The van der Waals surface area contributed by atoms with Crippen LogP contribution in [-0.4, -0.2) is 219 Å². The molecule has 0 bridgehead atoms. The molecule has 0 aromatic rings. The van der Waals surface area contributed by atoms with E-state index < -0.39 is 59.0 Å². The van der Waals surface area contributed by atoms with Crippen LogP contribution in [0.2, 0.25) is 0 Å². The number of aliphatic carboxylic acids is 1. The number of esters is 4. The van der Waals surface area contributed by atoms with E-state index >= 15 is 0 Å². The second kappa shape index (κ2) is 32.4. The molecule has 0 aromatic carbocycles. The van der Waals surface area contributed by atoms with Crippen molar-refractivity contribution in [3.8, 4) is 0 Å². The lowest BCUT2D eigenvalue weighted by Crippen LogP contribution is -2.51. The van der Waals surface area contributed by atoms with E-state index in [4.69, 9.17) is 33.5 Å². The fourth-order valence-electron chi connectivity index (χ4n) is 5.81. The van der Waals surface area contributed by atoms with Gasteiger partial charge in [-0.05, 0) is 83.1 Å². The van der Waals surface area contributed by atoms with Crippen LogP contribution in [0.4, 0.5) is 0 Å². The van der Waals surface area contributed by atoms with Crippen LogP contribution in [0.5, 0.6) is 0 Å². The highest BCUT2D eigenvalue weighted by atomic mass is 16.6. The Morgan fingerprint density at radius 3 is 1.10 bits per heavy atom. The molecule has 1 aliphatic rings. The van der Waals surface area contributed by atoms with Crippen molar-refractivity contribution < 1.29 is 71.9 Å². The van der Waals surface area contributed by atoms with Gasteiger partial charge >= 0.3 is 29.8 Å². The molecule has 0 unspecified atom stereocenters. The molecule has 0 saturated carbocycles. The van der Waals surface area contributed by atoms with Crippen LogP contribution >= 0.6 is 0 Å². The molecule has 1 aliphatic heterocycles. The van der Waals surface area contributed by atoms with Crippen molar-refractivity contribution in [1.82, 2.24) is 35.6 Å². The minimum atomic E-state index is -1.13. The summed E-state index contributed by atoms with van der Waals surface area (Å²) in [6, 6.07) is 0. The number of carboxylic acids is 1. The molecule has 22 heteroatoms. The van der Waals surface area contributed by atoms with Gasteiger partial charge < -0.3 is 49.5 Å². The Morgan fingerprint density at radius 2 is 0.765 bits per heavy atom. The number of hydrogen-bond donors (Lipinski definition) is 4. The number of carboxylic acid groups (broad SMARTS) is 1. The van der Waals surface area contributed by atoms with Crippen molar-refractivity contribution in [3.63, 3.8) is 0 Å². The molecular formula is C46H85N7O15. The van der Waals surface area contributed by atoms with Gasteiger partial charge in [0.25, 0.3) is 0 Å². The predicted octanol–water partition coefficient (Wildman–Crippen LogP) is 0.828. The lowest BCUT2D eigenvalue weighted by atomic mass is 10.2. The highest BCUT2D eigenvalue weighted by molar-refractivity contribution is 5.85. The molecule has 22 nitrogen and oxygen atoms in total. The molecule has 1 rings (SSSR count). The van der Waals surface area contributed by atoms with Crippen LogP contribution < -0.4 is 16.0 Å². The van der Waals surface area contributed by atoms with E-state index in [1.807, 2.05) is 40.4 Å². The molecule has 1 heterocycles. The fourth-order valence-corrected chi connectivity index (χ4v) is 5.81. The first-order valence-corrected chi connectivity index (χ1v) is 23.3. The van der Waals surface area contributed by atoms with Crippen LogP contribution in [0.15, 0.2) is 0 Å². The molecule has 1 fully saturated rings. The van der Waals surface area contributed by atoms with Gasteiger partial charge in [0.15, 0.2) is 0 Å². The van der Waals surface area contributed by atoms with Crippen molar-refractivity contribution in [2.45, 2.75) is 125 Å². The zero-order valence-electron chi connectivity index (χ0n) is 43.3. The van der Waals surface area contributed by atoms with Gasteiger partial charge in [0.2, 0.25) is 17.7 Å². The summed E-state index contributed by atoms with van der Waals surface area (Å²) in [5.74, 6) is -3.70. The Kier molecular flexibility index (Phi) is 30.2. The highest BCUT2D eigenvalue weighted by Crippen LogP contribution is 2.12. The number of carbonyl (C=O) groups is 8. The van der Waals surface area contributed by atoms with Gasteiger partial charge in [0, 0.05) is 71.7 Å². The second-order valence-electron chi connectivity index (χ2n) is 20.1. The molecule has 0 spiro atoms. The number of ether oxygens (including phenoxy) is 6. The molecule has 0 atom stereocenters. The minimum Gasteiger partial charge on any atom is -0.480 e. The first kappa shape index (κ1) is 63.5. The number of hydrogen-bond acceptors (Lipinski definition) is 18. The van der Waals surface area contributed by atoms with E-state index in [0.717, 1.165) is 0 Å². The van der Waals surface area contributed by atoms with Gasteiger partial charge in [-0.2, -0.15) is 0 Å². The quantitative estimate of drug-likeness (QED) is 0.0665. The zero-order valence-corrected chi connectivity index (χ0v) is 43.3. The molecule has 3 amide bonds. The Bertz CT molecular complexity index is 1520. The van der Waals surface area contributed by atoms with Crippen LogP contribution in [0, 0.1) is 0 Å². The van der Waals surface area contributed by atoms with E-state index in [2.05, 4.69) is 16.0 Å². The van der Waals surface area contributed by atoms with Crippen LogP contribution in [0.3, 0.4) is 0 Å². The van der Waals surface area contributed by atoms with E-state index in [1.54, 1.807) is 69.2 Å². The third-order valence-corrected chi connectivity index (χ3v) is 8.62. The van der Waals surface area contributed by atoms with Crippen LogP contribution in [0.25, 0.3) is 0 Å². The number of amides is 3. The lowest BCUT2D eigenvalue weighted by Gasteiger charge is -2.34. The molecule has 394 valence electrons. The number of nitrogens with zero attached hydrogens (tertiary/aromatic N) is 4. The average Bonchev–Trinajstić information content (AvgIpc) is 3.16. The van der Waals surface area contributed by atoms with Crippen LogP contribution in [-0.2, 0) is 66.8 Å². The van der Waals surface area contributed by atoms with E-state index in [-0.39, 0.29) is 89.7 Å². The first-order valence-electron chi connectivity index (χ1n) is 23.3. The summed E-state index contributed by atoms with van der Waals surface area (Å²) in [6.45, 7) is 26.8. The zero-order chi connectivity index (χ0) is 52.1. The maximum absolute atomic E-state index is 13.1. The molecule has 1 saturated heterocycles. The number of nitrogens with one attached hydrogen (secondary N) is 3. The van der Waals surface area contributed by atoms with Crippen molar-refractivity contribution in [2.24, 2.45) is 0 Å². The minimum absolute atomic E-state index is 0.00579. The van der Waals surface area contributed by atoms with Crippen molar-refractivity contribution in [2.75, 3.05) is 125 Å². The topological polar surface area (TPSA) is 261 Å². The smallest absolute Gasteiger partial charge is 0.322 e. The van der Waals surface area contributed by atoms with Gasteiger partial charge in [0.1, 0.15) is 28.9 Å². The molecular weight excluding hydrogens is 891 g/mol. The van der Waals surface area contributed by atoms with Gasteiger partial charge in [-0.3, -0.25) is 58.0 Å². The maximum atomic E-state index is 13.1. The molecule has 0 radical (unpaired) electrons. The second-order valence-corrected chi connectivity index (χ2v) is 20.1. The summed E-state index contributed by atoms with van der Waals surface area (Å²) in [4.78, 5) is 105. The van der Waals surface area contributed by atoms with E-state index in [1.165, 1.54) is 0 Å². The summed E-state index contributed by atoms with van der Waals surface area (Å²) in [6.07, 6.45) is 0.473. The fraction of sp³-hybridized carbons (Fsp3) is 0.826. The third kappa shape index (κ3) is 39.5. The molecule has 0 aliphatic carbocycles. The number of carbonyl (C=O) groups excluding carboxylic acids is 7. The summed E-state index contributed by atoms with van der Waals surface area (Å²) < 4.78 is 32.4. The summed E-state index contributed by atoms with van der Waals surface area (Å²) in [5, 5.41) is 16.1. The largest absolute Gasteiger partial charge is 0.480 e. The molecule has 4 N–H and O–H groups in total. The SMILES string of the molecule is CC(C)(C)OC(=O)CN1CCN(CC(=O)NCC(=O)NCCOCCOCCC(=O)NCC(=O)O)CCN(CC(=O)OC(C)(C)C)CCN(CC(=O)OC(C)(C)C)CC1.CCC(=O)OC(C)(C)C. The predicted molar refractivity (Wildman–Crippen MR) is 252 cm³/mol. The van der Waals surface area contributed by atoms with Gasteiger partial charge in [-0.1, -0.05) is 6.92 Å². The van der Waals surface area contributed by atoms with Gasteiger partial charge in [-0.15, -0.1) is 0 Å². The maximum Gasteiger partial charge on any atom is 0.322 e. The van der Waals surface area contributed by atoms with E-state index in [9.17, 15) is 38.4 Å². The summed E-state index contributed by atoms with van der Waals surface area (Å²) in [7, 11) is 0. The summed E-state index contributed by atoms with van der Waals surface area (Å²) >= 11 is 0. The lowest BCUT2D eigenvalue weighted by molar-refractivity contribution is -0.158. The third-order valence-electron chi connectivity index (χ3n) is 8.62. The Labute approximate surface area is 404 Å². The van der Waals surface area contributed by atoms with Crippen molar-refractivity contribution in [1.29, 1.82) is 0 Å². The van der Waals surface area contributed by atoms with Gasteiger partial charge in [0.05, 0.1) is 59.2 Å². The van der Waals surface area contributed by atoms with Gasteiger partial charge in [-0.25, -0.2) is 0 Å². The molecule has 0 aromatic heterocycles. The van der Waals surface area contributed by atoms with Crippen molar-refractivity contribution in [3.05, 3.63) is 0 Å².